The summed E-state index contributed by atoms with van der Waals surface area (Å²) in [6.45, 7) is 3.56. The maximum absolute atomic E-state index is 13.7. The first kappa shape index (κ1) is 11.4. The van der Waals surface area contributed by atoms with Crippen LogP contribution in [0.25, 0.3) is 5.69 Å². The molecule has 2 rings (SSSR count). The van der Waals surface area contributed by atoms with Crippen molar-refractivity contribution in [1.82, 2.24) is 4.57 Å². The van der Waals surface area contributed by atoms with Crippen LogP contribution in [0.5, 0.6) is 0 Å². The molecule has 1 amide bonds. The van der Waals surface area contributed by atoms with E-state index in [0.717, 1.165) is 5.69 Å². The number of aryl methyl sites for hydroxylation is 1. The van der Waals surface area contributed by atoms with Crippen molar-refractivity contribution in [1.29, 1.82) is 0 Å². The van der Waals surface area contributed by atoms with E-state index in [4.69, 9.17) is 5.73 Å². The molecule has 0 aliphatic carbocycles. The van der Waals surface area contributed by atoms with Crippen LogP contribution in [0.4, 0.5) is 4.39 Å². The van der Waals surface area contributed by atoms with Crippen LogP contribution >= 0.6 is 0 Å². The number of benzene rings is 1. The molecule has 0 spiro atoms. The zero-order valence-corrected chi connectivity index (χ0v) is 9.70. The number of nitrogens with two attached hydrogens (primary N) is 1. The second kappa shape index (κ2) is 4.05. The van der Waals surface area contributed by atoms with Crippen LogP contribution in [0.1, 0.15) is 21.7 Å². The summed E-state index contributed by atoms with van der Waals surface area (Å²) < 4.78 is 15.4. The van der Waals surface area contributed by atoms with Gasteiger partial charge < -0.3 is 10.3 Å². The topological polar surface area (TPSA) is 48.0 Å². The van der Waals surface area contributed by atoms with Crippen molar-refractivity contribution in [2.24, 2.45) is 5.73 Å². The lowest BCUT2D eigenvalue weighted by molar-refractivity contribution is 0.0999. The summed E-state index contributed by atoms with van der Waals surface area (Å²) in [5.41, 5.74) is 7.55. The summed E-state index contributed by atoms with van der Waals surface area (Å²) in [6.07, 6.45) is 0. The largest absolute Gasteiger partial charge is 0.366 e. The number of hydrogen-bond donors (Lipinski definition) is 1. The minimum Gasteiger partial charge on any atom is -0.366 e. The first-order valence-electron chi connectivity index (χ1n) is 5.26. The van der Waals surface area contributed by atoms with E-state index in [9.17, 15) is 9.18 Å². The maximum atomic E-state index is 13.7. The molecule has 0 saturated heterocycles. The van der Waals surface area contributed by atoms with Gasteiger partial charge in [-0.05, 0) is 32.0 Å². The Morgan fingerprint density at radius 1 is 1.29 bits per heavy atom. The molecule has 0 bridgehead atoms. The van der Waals surface area contributed by atoms with Gasteiger partial charge in [0.15, 0.2) is 0 Å². The Labute approximate surface area is 98.7 Å². The molecular formula is C13H13FN2O. The van der Waals surface area contributed by atoms with Gasteiger partial charge in [-0.15, -0.1) is 0 Å². The molecule has 1 aromatic carbocycles. The second-order valence-corrected chi connectivity index (χ2v) is 3.94. The lowest BCUT2D eigenvalue weighted by atomic mass is 10.2. The first-order valence-corrected chi connectivity index (χ1v) is 5.26. The van der Waals surface area contributed by atoms with Crippen LogP contribution in [0.3, 0.4) is 0 Å². The van der Waals surface area contributed by atoms with Crippen molar-refractivity contribution in [2.45, 2.75) is 13.8 Å². The van der Waals surface area contributed by atoms with E-state index in [1.54, 1.807) is 35.8 Å². The lowest BCUT2D eigenvalue weighted by Gasteiger charge is -2.10. The summed E-state index contributed by atoms with van der Waals surface area (Å²) in [7, 11) is 0. The van der Waals surface area contributed by atoms with Crippen molar-refractivity contribution in [3.63, 3.8) is 0 Å². The van der Waals surface area contributed by atoms with Crippen LogP contribution in [-0.2, 0) is 0 Å². The minimum absolute atomic E-state index is 0.328. The van der Waals surface area contributed by atoms with Gasteiger partial charge in [-0.2, -0.15) is 0 Å². The molecule has 1 heterocycles. The van der Waals surface area contributed by atoms with Gasteiger partial charge in [0, 0.05) is 11.4 Å². The van der Waals surface area contributed by atoms with Gasteiger partial charge in [0.25, 0.3) is 5.91 Å². The van der Waals surface area contributed by atoms with E-state index in [1.165, 1.54) is 6.07 Å². The number of carbonyl (C=O) groups is 1. The number of primary amides is 1. The molecule has 0 atom stereocenters. The molecule has 0 fully saturated rings. The lowest BCUT2D eigenvalue weighted by Crippen LogP contribution is -2.12. The average molecular weight is 232 g/mol. The number of hydrogen-bond acceptors (Lipinski definition) is 1. The third-order valence-electron chi connectivity index (χ3n) is 2.79. The number of rotatable bonds is 2. The van der Waals surface area contributed by atoms with Gasteiger partial charge in [0.2, 0.25) is 0 Å². The summed E-state index contributed by atoms with van der Waals surface area (Å²) in [5.74, 6) is -0.828. The SMILES string of the molecule is Cc1cc(C(N)=O)c(C)n1-c1ccccc1F. The summed E-state index contributed by atoms with van der Waals surface area (Å²) >= 11 is 0. The number of halogens is 1. The third kappa shape index (κ3) is 1.82. The Hall–Kier alpha value is -2.10. The standard InChI is InChI=1S/C13H13FN2O/c1-8-7-10(13(15)17)9(2)16(8)12-6-4-3-5-11(12)14/h3-7H,1-2H3,(H2,15,17). The Morgan fingerprint density at radius 2 is 1.94 bits per heavy atom. The number of aromatic nitrogens is 1. The van der Waals surface area contributed by atoms with Crippen LogP contribution in [0, 0.1) is 19.7 Å². The zero-order chi connectivity index (χ0) is 12.6. The quantitative estimate of drug-likeness (QED) is 0.848. The summed E-state index contributed by atoms with van der Waals surface area (Å²) in [4.78, 5) is 11.2. The zero-order valence-electron chi connectivity index (χ0n) is 9.70. The molecule has 17 heavy (non-hydrogen) atoms. The molecular weight excluding hydrogens is 219 g/mol. The van der Waals surface area contributed by atoms with E-state index in [1.807, 2.05) is 6.92 Å². The molecule has 0 radical (unpaired) electrons. The van der Waals surface area contributed by atoms with Crippen LogP contribution in [0.2, 0.25) is 0 Å². The molecule has 0 unspecified atom stereocenters. The molecule has 2 N–H and O–H groups in total. The van der Waals surface area contributed by atoms with E-state index < -0.39 is 5.91 Å². The highest BCUT2D eigenvalue weighted by atomic mass is 19.1. The van der Waals surface area contributed by atoms with Crippen LogP contribution in [0.15, 0.2) is 30.3 Å². The highest BCUT2D eigenvalue weighted by Crippen LogP contribution is 2.22. The Bertz CT molecular complexity index is 587. The summed E-state index contributed by atoms with van der Waals surface area (Å²) in [5, 5.41) is 0. The number of nitrogens with zero attached hydrogens (tertiary/aromatic N) is 1. The highest BCUT2D eigenvalue weighted by molar-refractivity contribution is 5.94. The monoisotopic (exact) mass is 232 g/mol. The van der Waals surface area contributed by atoms with Crippen LogP contribution in [-0.4, -0.2) is 10.5 Å². The predicted molar refractivity (Wildman–Crippen MR) is 63.7 cm³/mol. The van der Waals surface area contributed by atoms with Gasteiger partial charge in [-0.1, -0.05) is 12.1 Å². The predicted octanol–water partition coefficient (Wildman–Crippen LogP) is 2.33. The van der Waals surface area contributed by atoms with Crippen molar-refractivity contribution < 1.29 is 9.18 Å². The van der Waals surface area contributed by atoms with Crippen molar-refractivity contribution in [3.05, 3.63) is 53.1 Å². The fourth-order valence-electron chi connectivity index (χ4n) is 2.02. The van der Waals surface area contributed by atoms with E-state index in [2.05, 4.69) is 0 Å². The smallest absolute Gasteiger partial charge is 0.250 e. The summed E-state index contributed by atoms with van der Waals surface area (Å²) in [6, 6.07) is 8.10. The van der Waals surface area contributed by atoms with Gasteiger partial charge in [0.05, 0.1) is 11.3 Å². The molecule has 88 valence electrons. The van der Waals surface area contributed by atoms with Crippen molar-refractivity contribution in [2.75, 3.05) is 0 Å². The highest BCUT2D eigenvalue weighted by Gasteiger charge is 2.15. The molecule has 0 aliphatic rings. The van der Waals surface area contributed by atoms with Gasteiger partial charge in [-0.25, -0.2) is 4.39 Å². The fourth-order valence-corrected chi connectivity index (χ4v) is 2.02. The maximum Gasteiger partial charge on any atom is 0.250 e. The number of para-hydroxylation sites is 1. The van der Waals surface area contributed by atoms with Gasteiger partial charge >= 0.3 is 0 Å². The van der Waals surface area contributed by atoms with E-state index in [-0.39, 0.29) is 5.82 Å². The molecule has 2 aromatic rings. The van der Waals surface area contributed by atoms with E-state index >= 15 is 0 Å². The second-order valence-electron chi connectivity index (χ2n) is 3.94. The molecule has 0 saturated carbocycles. The minimum atomic E-state index is -0.499. The van der Waals surface area contributed by atoms with Crippen molar-refractivity contribution in [3.8, 4) is 5.69 Å². The number of amides is 1. The van der Waals surface area contributed by atoms with Gasteiger partial charge in [-0.3, -0.25) is 4.79 Å². The molecule has 1 aromatic heterocycles. The number of carbonyl (C=O) groups excluding carboxylic acids is 1. The molecule has 0 aliphatic heterocycles. The Morgan fingerprint density at radius 3 is 2.47 bits per heavy atom. The first-order chi connectivity index (χ1) is 8.02. The Balaban J connectivity index is 2.69. The average Bonchev–Trinajstić information content (AvgIpc) is 2.56. The normalized spacial score (nSPS) is 10.5. The molecule has 4 heteroatoms. The fraction of sp³-hybridized carbons (Fsp3) is 0.154. The van der Waals surface area contributed by atoms with Crippen LogP contribution < -0.4 is 5.73 Å². The Kier molecular flexibility index (Phi) is 2.71. The van der Waals surface area contributed by atoms with E-state index in [0.29, 0.717) is 16.9 Å². The van der Waals surface area contributed by atoms with Gasteiger partial charge in [0.1, 0.15) is 5.82 Å². The van der Waals surface area contributed by atoms with Crippen molar-refractivity contribution >= 4 is 5.91 Å². The third-order valence-corrected chi connectivity index (χ3v) is 2.79. The molecule has 3 nitrogen and oxygen atoms in total.